The molecule has 110 valence electrons. The highest BCUT2D eigenvalue weighted by Crippen LogP contribution is 2.34. The van der Waals surface area contributed by atoms with Crippen LogP contribution < -0.4 is 4.74 Å². The van der Waals surface area contributed by atoms with Crippen LogP contribution in [0.1, 0.15) is 42.3 Å². The number of halogens is 1. The molecule has 0 aliphatic heterocycles. The molecule has 21 heavy (non-hydrogen) atoms. The fraction of sp³-hybridized carbons (Fsp3) is 0.278. The van der Waals surface area contributed by atoms with Crippen LogP contribution in [0.15, 0.2) is 42.5 Å². The molecular formula is C18H19ClO2. The zero-order valence-electron chi connectivity index (χ0n) is 12.5. The molecule has 0 heterocycles. The van der Waals surface area contributed by atoms with E-state index in [1.807, 2.05) is 42.5 Å². The SMILES string of the molecule is CC(C)(C)c1cc(C=O)c(Cl)c(OCc2ccccc2)c1. The van der Waals surface area contributed by atoms with Crippen LogP contribution in [0.4, 0.5) is 0 Å². The van der Waals surface area contributed by atoms with Crippen molar-refractivity contribution in [1.29, 1.82) is 0 Å². The van der Waals surface area contributed by atoms with Crippen LogP contribution in [-0.2, 0) is 12.0 Å². The third-order valence-electron chi connectivity index (χ3n) is 3.30. The van der Waals surface area contributed by atoms with Gasteiger partial charge in [-0.25, -0.2) is 0 Å². The average molecular weight is 303 g/mol. The van der Waals surface area contributed by atoms with Crippen molar-refractivity contribution < 1.29 is 9.53 Å². The Morgan fingerprint density at radius 1 is 1.14 bits per heavy atom. The Balaban J connectivity index is 2.31. The maximum Gasteiger partial charge on any atom is 0.151 e. The summed E-state index contributed by atoms with van der Waals surface area (Å²) in [6.45, 7) is 6.69. The minimum atomic E-state index is -0.0762. The second kappa shape index (κ2) is 6.31. The van der Waals surface area contributed by atoms with E-state index in [1.165, 1.54) is 0 Å². The lowest BCUT2D eigenvalue weighted by atomic mass is 9.86. The van der Waals surface area contributed by atoms with Crippen LogP contribution >= 0.6 is 11.6 Å². The molecule has 2 aromatic rings. The molecule has 0 bridgehead atoms. The van der Waals surface area contributed by atoms with E-state index in [0.29, 0.717) is 22.9 Å². The van der Waals surface area contributed by atoms with Gasteiger partial charge in [0.05, 0.1) is 5.02 Å². The summed E-state index contributed by atoms with van der Waals surface area (Å²) < 4.78 is 5.81. The fourth-order valence-electron chi connectivity index (χ4n) is 1.98. The zero-order chi connectivity index (χ0) is 15.5. The monoisotopic (exact) mass is 302 g/mol. The number of carbonyl (C=O) groups is 1. The molecule has 0 N–H and O–H groups in total. The lowest BCUT2D eigenvalue weighted by Crippen LogP contribution is -2.12. The molecule has 0 unspecified atom stereocenters. The zero-order valence-corrected chi connectivity index (χ0v) is 13.3. The van der Waals surface area contributed by atoms with Crippen LogP contribution in [0.2, 0.25) is 5.02 Å². The quantitative estimate of drug-likeness (QED) is 0.740. The summed E-state index contributed by atoms with van der Waals surface area (Å²) in [5.41, 5.74) is 2.47. The fourth-order valence-corrected chi connectivity index (χ4v) is 2.19. The van der Waals surface area contributed by atoms with E-state index in [9.17, 15) is 4.79 Å². The lowest BCUT2D eigenvalue weighted by molar-refractivity contribution is 0.112. The smallest absolute Gasteiger partial charge is 0.151 e. The van der Waals surface area contributed by atoms with Gasteiger partial charge in [-0.05, 0) is 28.7 Å². The normalized spacial score (nSPS) is 11.2. The third-order valence-corrected chi connectivity index (χ3v) is 3.70. The number of hydrogen-bond acceptors (Lipinski definition) is 2. The molecule has 2 nitrogen and oxygen atoms in total. The molecule has 0 spiro atoms. The Kier molecular flexibility index (Phi) is 4.69. The highest BCUT2D eigenvalue weighted by atomic mass is 35.5. The Labute approximate surface area is 130 Å². The van der Waals surface area contributed by atoms with Gasteiger partial charge in [0.15, 0.2) is 6.29 Å². The Morgan fingerprint density at radius 2 is 1.81 bits per heavy atom. The van der Waals surface area contributed by atoms with Gasteiger partial charge in [-0.3, -0.25) is 4.79 Å². The predicted molar refractivity (Wildman–Crippen MR) is 86.3 cm³/mol. The first kappa shape index (κ1) is 15.6. The molecule has 0 radical (unpaired) electrons. The number of hydrogen-bond donors (Lipinski definition) is 0. The second-order valence-corrected chi connectivity index (χ2v) is 6.40. The van der Waals surface area contributed by atoms with Gasteiger partial charge in [0.2, 0.25) is 0 Å². The van der Waals surface area contributed by atoms with Gasteiger partial charge in [-0.1, -0.05) is 62.7 Å². The molecule has 0 aromatic heterocycles. The minimum absolute atomic E-state index is 0.0762. The van der Waals surface area contributed by atoms with Crippen molar-refractivity contribution in [1.82, 2.24) is 0 Å². The second-order valence-electron chi connectivity index (χ2n) is 6.02. The molecule has 0 aliphatic carbocycles. The summed E-state index contributed by atoms with van der Waals surface area (Å²) in [7, 11) is 0. The van der Waals surface area contributed by atoms with Crippen LogP contribution in [0, 0.1) is 0 Å². The van der Waals surface area contributed by atoms with E-state index in [0.717, 1.165) is 17.4 Å². The average Bonchev–Trinajstić information content (AvgIpc) is 2.46. The predicted octanol–water partition coefficient (Wildman–Crippen LogP) is 5.03. The van der Waals surface area contributed by atoms with Crippen molar-refractivity contribution in [2.45, 2.75) is 32.8 Å². The van der Waals surface area contributed by atoms with Gasteiger partial charge >= 0.3 is 0 Å². The number of carbonyl (C=O) groups excluding carboxylic acids is 1. The first-order valence-corrected chi connectivity index (χ1v) is 7.25. The maximum absolute atomic E-state index is 11.2. The van der Waals surface area contributed by atoms with Crippen LogP contribution in [0.5, 0.6) is 5.75 Å². The summed E-state index contributed by atoms with van der Waals surface area (Å²) in [4.78, 5) is 11.2. The number of rotatable bonds is 4. The van der Waals surface area contributed by atoms with Gasteiger partial charge < -0.3 is 4.74 Å². The van der Waals surface area contributed by atoms with Gasteiger partial charge in [-0.2, -0.15) is 0 Å². The standard InChI is InChI=1S/C18H19ClO2/c1-18(2,3)15-9-14(11-20)17(19)16(10-15)21-12-13-7-5-4-6-8-13/h4-11H,12H2,1-3H3. The number of benzene rings is 2. The van der Waals surface area contributed by atoms with E-state index in [4.69, 9.17) is 16.3 Å². The highest BCUT2D eigenvalue weighted by molar-refractivity contribution is 6.34. The Bertz CT molecular complexity index is 628. The summed E-state index contributed by atoms with van der Waals surface area (Å²) in [6, 6.07) is 13.6. The molecule has 0 fully saturated rings. The van der Waals surface area contributed by atoms with Crippen LogP contribution in [0.3, 0.4) is 0 Å². The first-order chi connectivity index (χ1) is 9.91. The van der Waals surface area contributed by atoms with Crippen molar-refractivity contribution in [3.8, 4) is 5.75 Å². The third kappa shape index (κ3) is 3.85. The van der Waals surface area contributed by atoms with Gasteiger partial charge in [-0.15, -0.1) is 0 Å². The van der Waals surface area contributed by atoms with Gasteiger partial charge in [0, 0.05) is 5.56 Å². The summed E-state index contributed by atoms with van der Waals surface area (Å²) >= 11 is 6.24. The number of aldehydes is 1. The van der Waals surface area contributed by atoms with Crippen molar-refractivity contribution in [2.75, 3.05) is 0 Å². The van der Waals surface area contributed by atoms with Crippen molar-refractivity contribution in [3.63, 3.8) is 0 Å². The molecule has 0 aliphatic rings. The summed E-state index contributed by atoms with van der Waals surface area (Å²) in [6.07, 6.45) is 0.771. The minimum Gasteiger partial charge on any atom is -0.487 e. The van der Waals surface area contributed by atoms with E-state index in [2.05, 4.69) is 20.8 Å². The lowest BCUT2D eigenvalue weighted by Gasteiger charge is -2.21. The number of ether oxygens (including phenoxy) is 1. The van der Waals surface area contributed by atoms with E-state index in [-0.39, 0.29) is 5.41 Å². The molecule has 0 amide bonds. The van der Waals surface area contributed by atoms with Crippen molar-refractivity contribution in [3.05, 3.63) is 64.2 Å². The molecule has 0 saturated heterocycles. The van der Waals surface area contributed by atoms with E-state index in [1.54, 1.807) is 0 Å². The van der Waals surface area contributed by atoms with E-state index >= 15 is 0 Å². The summed E-state index contributed by atoms with van der Waals surface area (Å²) in [5.74, 6) is 0.551. The van der Waals surface area contributed by atoms with Gasteiger partial charge in [0.25, 0.3) is 0 Å². The van der Waals surface area contributed by atoms with E-state index < -0.39 is 0 Å². The van der Waals surface area contributed by atoms with Crippen molar-refractivity contribution >= 4 is 17.9 Å². The highest BCUT2D eigenvalue weighted by Gasteiger charge is 2.18. The van der Waals surface area contributed by atoms with Crippen LogP contribution in [-0.4, -0.2) is 6.29 Å². The molecule has 0 atom stereocenters. The first-order valence-electron chi connectivity index (χ1n) is 6.88. The molecule has 3 heteroatoms. The largest absolute Gasteiger partial charge is 0.487 e. The topological polar surface area (TPSA) is 26.3 Å². The summed E-state index contributed by atoms with van der Waals surface area (Å²) in [5, 5.41) is 0.369. The van der Waals surface area contributed by atoms with Crippen molar-refractivity contribution in [2.24, 2.45) is 0 Å². The maximum atomic E-state index is 11.2. The Morgan fingerprint density at radius 3 is 2.38 bits per heavy atom. The molecule has 2 rings (SSSR count). The Hall–Kier alpha value is -1.80. The van der Waals surface area contributed by atoms with Gasteiger partial charge in [0.1, 0.15) is 12.4 Å². The molecule has 0 saturated carbocycles. The molecular weight excluding hydrogens is 284 g/mol. The molecule has 2 aromatic carbocycles. The van der Waals surface area contributed by atoms with Crippen LogP contribution in [0.25, 0.3) is 0 Å².